The van der Waals surface area contributed by atoms with Gasteiger partial charge in [-0.25, -0.2) is 0 Å². The molecule has 0 saturated carbocycles. The maximum Gasteiger partial charge on any atom is 0.263 e. The summed E-state index contributed by atoms with van der Waals surface area (Å²) in [5.41, 5.74) is 3.71. The Morgan fingerprint density at radius 3 is 2.43 bits per heavy atom. The van der Waals surface area contributed by atoms with Crippen molar-refractivity contribution in [3.63, 3.8) is 0 Å². The highest BCUT2D eigenvalue weighted by Crippen LogP contribution is 2.35. The smallest absolute Gasteiger partial charge is 0.263 e. The summed E-state index contributed by atoms with van der Waals surface area (Å²) in [6.07, 6.45) is 0. The molecule has 8 heteroatoms. The van der Waals surface area contributed by atoms with E-state index < -0.39 is 0 Å². The number of anilines is 1. The molecule has 0 N–H and O–H groups in total. The Morgan fingerprint density at radius 2 is 1.60 bits per heavy atom. The number of rotatable bonds is 5. The number of fused-ring (bicyclic) bond motifs is 2. The molecule has 3 aromatic rings. The highest BCUT2D eigenvalue weighted by molar-refractivity contribution is 6.31. The summed E-state index contributed by atoms with van der Waals surface area (Å²) in [6.45, 7) is 4.50. The molecule has 0 spiro atoms. The number of halogens is 1. The van der Waals surface area contributed by atoms with Gasteiger partial charge in [0, 0.05) is 37.7 Å². The number of hydrogen-bond donors (Lipinski definition) is 0. The molecular weight excluding hydrogens is 466 g/mol. The van der Waals surface area contributed by atoms with Crippen molar-refractivity contribution in [2.24, 2.45) is 0 Å². The number of hydrogen-bond acceptors (Lipinski definition) is 6. The lowest BCUT2D eigenvalue weighted by Gasteiger charge is -2.36. The molecular formula is C27H24ClN3O4. The van der Waals surface area contributed by atoms with Crippen molar-refractivity contribution in [3.8, 4) is 11.5 Å². The lowest BCUT2D eigenvalue weighted by molar-refractivity contribution is 0.0642. The number of ether oxygens (including phenoxy) is 2. The lowest BCUT2D eigenvalue weighted by atomic mass is 10.1. The summed E-state index contributed by atoms with van der Waals surface area (Å²) in [7, 11) is 0. The van der Waals surface area contributed by atoms with E-state index in [1.165, 1.54) is 10.5 Å². The Hall–Kier alpha value is -3.55. The fourth-order valence-corrected chi connectivity index (χ4v) is 5.16. The van der Waals surface area contributed by atoms with Gasteiger partial charge in [0.25, 0.3) is 11.8 Å². The van der Waals surface area contributed by atoms with Crippen LogP contribution < -0.4 is 14.4 Å². The molecule has 0 aromatic heterocycles. The van der Waals surface area contributed by atoms with Crippen molar-refractivity contribution >= 4 is 29.1 Å². The van der Waals surface area contributed by atoms with Crippen molar-refractivity contribution in [2.45, 2.75) is 13.1 Å². The van der Waals surface area contributed by atoms with Gasteiger partial charge >= 0.3 is 0 Å². The number of imide groups is 1. The van der Waals surface area contributed by atoms with Crippen molar-refractivity contribution in [3.05, 3.63) is 87.9 Å². The molecule has 0 bridgehead atoms. The van der Waals surface area contributed by atoms with Crippen LogP contribution in [0.2, 0.25) is 5.02 Å². The molecule has 3 heterocycles. The average molecular weight is 490 g/mol. The largest absolute Gasteiger partial charge is 0.454 e. The maximum absolute atomic E-state index is 13.4. The molecule has 0 radical (unpaired) electrons. The van der Waals surface area contributed by atoms with Crippen LogP contribution in [0.3, 0.4) is 0 Å². The van der Waals surface area contributed by atoms with Crippen LogP contribution in [0.15, 0.2) is 60.7 Å². The van der Waals surface area contributed by atoms with E-state index in [0.29, 0.717) is 16.1 Å². The second-order valence-corrected chi connectivity index (χ2v) is 9.35. The Labute approximate surface area is 208 Å². The fourth-order valence-electron chi connectivity index (χ4n) is 4.96. The molecule has 6 rings (SSSR count). The van der Waals surface area contributed by atoms with Crippen LogP contribution in [0.4, 0.5) is 5.69 Å². The molecule has 0 atom stereocenters. The van der Waals surface area contributed by atoms with E-state index in [4.69, 9.17) is 21.1 Å². The molecule has 178 valence electrons. The molecule has 2 amide bonds. The van der Waals surface area contributed by atoms with E-state index in [1.807, 2.05) is 42.5 Å². The van der Waals surface area contributed by atoms with Crippen LogP contribution in [0.5, 0.6) is 11.5 Å². The van der Waals surface area contributed by atoms with E-state index in [0.717, 1.165) is 55.5 Å². The number of carbonyl (C=O) groups excluding carboxylic acids is 2. The normalized spacial score (nSPS) is 17.3. The van der Waals surface area contributed by atoms with Gasteiger partial charge in [0.1, 0.15) is 0 Å². The lowest BCUT2D eigenvalue weighted by Crippen LogP contribution is -2.46. The average Bonchev–Trinajstić information content (AvgIpc) is 3.44. The van der Waals surface area contributed by atoms with E-state index in [1.54, 1.807) is 12.1 Å². The van der Waals surface area contributed by atoms with Crippen molar-refractivity contribution in [1.82, 2.24) is 9.80 Å². The van der Waals surface area contributed by atoms with Gasteiger partial charge in [0.15, 0.2) is 11.5 Å². The molecule has 1 fully saturated rings. The zero-order valence-corrected chi connectivity index (χ0v) is 19.8. The summed E-state index contributed by atoms with van der Waals surface area (Å²) < 4.78 is 10.9. The van der Waals surface area contributed by atoms with Crippen molar-refractivity contribution in [2.75, 3.05) is 37.9 Å². The Kier molecular flexibility index (Phi) is 5.59. The van der Waals surface area contributed by atoms with Gasteiger partial charge in [-0.15, -0.1) is 0 Å². The second kappa shape index (κ2) is 8.91. The zero-order chi connectivity index (χ0) is 23.9. The highest BCUT2D eigenvalue weighted by Gasteiger charge is 2.39. The highest BCUT2D eigenvalue weighted by atomic mass is 35.5. The first-order valence-electron chi connectivity index (χ1n) is 11.7. The van der Waals surface area contributed by atoms with Crippen LogP contribution in [0.1, 0.15) is 31.8 Å². The van der Waals surface area contributed by atoms with Crippen LogP contribution in [0, 0.1) is 0 Å². The molecule has 3 aliphatic heterocycles. The number of piperazine rings is 1. The van der Waals surface area contributed by atoms with E-state index >= 15 is 0 Å². The molecule has 3 aromatic carbocycles. The summed E-state index contributed by atoms with van der Waals surface area (Å²) in [6, 6.07) is 18.9. The molecule has 35 heavy (non-hydrogen) atoms. The van der Waals surface area contributed by atoms with Gasteiger partial charge < -0.3 is 14.4 Å². The Bertz CT molecular complexity index is 1320. The monoisotopic (exact) mass is 489 g/mol. The predicted octanol–water partition coefficient (Wildman–Crippen LogP) is 4.19. The summed E-state index contributed by atoms with van der Waals surface area (Å²) in [4.78, 5) is 32.4. The first-order valence-corrected chi connectivity index (χ1v) is 12.0. The molecule has 3 aliphatic rings. The van der Waals surface area contributed by atoms with Gasteiger partial charge in [-0.2, -0.15) is 0 Å². The number of amides is 2. The summed E-state index contributed by atoms with van der Waals surface area (Å²) >= 11 is 6.29. The third-order valence-electron chi connectivity index (χ3n) is 6.82. The maximum atomic E-state index is 13.4. The standard InChI is InChI=1S/C27H24ClN3O4/c28-21-6-2-1-4-19(21)16-31-26(32)20-5-3-7-22(25(20)27(31)33)30-12-10-29(11-13-30)15-18-8-9-23-24(14-18)35-17-34-23/h1-9,14H,10-13,15-17H2. The second-order valence-electron chi connectivity index (χ2n) is 8.94. The van der Waals surface area contributed by atoms with Gasteiger partial charge in [-0.3, -0.25) is 19.4 Å². The van der Waals surface area contributed by atoms with Crippen LogP contribution in [-0.2, 0) is 13.1 Å². The van der Waals surface area contributed by atoms with E-state index in [-0.39, 0.29) is 25.2 Å². The molecule has 7 nitrogen and oxygen atoms in total. The third-order valence-corrected chi connectivity index (χ3v) is 7.19. The number of nitrogens with zero attached hydrogens (tertiary/aromatic N) is 3. The van der Waals surface area contributed by atoms with Crippen molar-refractivity contribution in [1.29, 1.82) is 0 Å². The minimum absolute atomic E-state index is 0.161. The SMILES string of the molecule is O=C1c2cccc(N3CCN(Cc4ccc5c(c4)OCO5)CC3)c2C(=O)N1Cc1ccccc1Cl. The summed E-state index contributed by atoms with van der Waals surface area (Å²) in [5, 5.41) is 0.544. The Balaban J connectivity index is 1.16. The van der Waals surface area contributed by atoms with Crippen molar-refractivity contribution < 1.29 is 19.1 Å². The number of benzene rings is 3. The van der Waals surface area contributed by atoms with Gasteiger partial charge in [-0.05, 0) is 41.5 Å². The summed E-state index contributed by atoms with van der Waals surface area (Å²) in [5.74, 6) is 1.06. The predicted molar refractivity (Wildman–Crippen MR) is 132 cm³/mol. The Morgan fingerprint density at radius 1 is 0.800 bits per heavy atom. The first-order chi connectivity index (χ1) is 17.1. The van der Waals surface area contributed by atoms with E-state index in [9.17, 15) is 9.59 Å². The number of carbonyl (C=O) groups is 2. The van der Waals surface area contributed by atoms with Gasteiger partial charge in [0.05, 0.1) is 23.4 Å². The molecule has 0 unspecified atom stereocenters. The molecule has 1 saturated heterocycles. The topological polar surface area (TPSA) is 62.3 Å². The molecule has 0 aliphatic carbocycles. The van der Waals surface area contributed by atoms with Gasteiger partial charge in [0.2, 0.25) is 6.79 Å². The zero-order valence-electron chi connectivity index (χ0n) is 19.1. The van der Waals surface area contributed by atoms with E-state index in [2.05, 4.69) is 15.9 Å². The first kappa shape index (κ1) is 21.9. The van der Waals surface area contributed by atoms with Crippen LogP contribution in [0.25, 0.3) is 0 Å². The van der Waals surface area contributed by atoms with Crippen LogP contribution >= 0.6 is 11.6 Å². The third kappa shape index (κ3) is 4.00. The minimum Gasteiger partial charge on any atom is -0.454 e. The van der Waals surface area contributed by atoms with Crippen LogP contribution in [-0.4, -0.2) is 54.6 Å². The van der Waals surface area contributed by atoms with Gasteiger partial charge in [-0.1, -0.05) is 41.9 Å². The quantitative estimate of drug-likeness (QED) is 0.501. The minimum atomic E-state index is -0.270. The fraction of sp³-hybridized carbons (Fsp3) is 0.259.